The van der Waals surface area contributed by atoms with E-state index < -0.39 is 0 Å². The minimum Gasteiger partial charge on any atom is -0.365 e. The average Bonchev–Trinajstić information content (AvgIpc) is 2.72. The molecule has 0 aliphatic carbocycles. The van der Waals surface area contributed by atoms with Crippen LogP contribution in [0.3, 0.4) is 0 Å². The number of H-pyrrole nitrogens is 1. The Bertz CT molecular complexity index is 400. The largest absolute Gasteiger partial charge is 0.365 e. The maximum atomic E-state index is 10.4. The van der Waals surface area contributed by atoms with Crippen LogP contribution in [0.4, 0.5) is 0 Å². The molecule has 0 saturated heterocycles. The van der Waals surface area contributed by atoms with Gasteiger partial charge in [0.25, 0.3) is 0 Å². The number of hydrogen-bond donors (Lipinski definition) is 1. The molecule has 0 radical (unpaired) electrons. The molecule has 2 aromatic rings. The molecule has 2 heteroatoms. The molecule has 0 saturated carbocycles. The number of aromatic nitrogens is 1. The molecule has 70 valence electrons. The van der Waals surface area contributed by atoms with E-state index in [2.05, 4.69) is 4.98 Å². The van der Waals surface area contributed by atoms with Gasteiger partial charge in [0.15, 0.2) is 0 Å². The van der Waals surface area contributed by atoms with Crippen molar-refractivity contribution in [2.24, 2.45) is 0 Å². The van der Waals surface area contributed by atoms with Crippen molar-refractivity contribution < 1.29 is 4.79 Å². The molecule has 1 heterocycles. The monoisotopic (exact) mass is 185 g/mol. The molecule has 1 N–H and O–H groups in total. The zero-order chi connectivity index (χ0) is 9.80. The fraction of sp³-hybridized carbons (Fsp3) is 0.0833. The molecule has 0 amide bonds. The SMILES string of the molecule is O=Cc1ccc(Cc2ccc[nH]2)cc1. The fourth-order valence-electron chi connectivity index (χ4n) is 1.41. The van der Waals surface area contributed by atoms with Gasteiger partial charge in [-0.15, -0.1) is 0 Å². The van der Waals surface area contributed by atoms with Gasteiger partial charge >= 0.3 is 0 Å². The number of rotatable bonds is 3. The molecule has 0 fully saturated rings. The van der Waals surface area contributed by atoms with E-state index in [0.717, 1.165) is 18.3 Å². The first kappa shape index (κ1) is 8.75. The quantitative estimate of drug-likeness (QED) is 0.732. The third-order valence-electron chi connectivity index (χ3n) is 2.17. The van der Waals surface area contributed by atoms with Gasteiger partial charge in [-0.25, -0.2) is 0 Å². The highest BCUT2D eigenvalue weighted by atomic mass is 16.1. The van der Waals surface area contributed by atoms with Crippen molar-refractivity contribution in [3.05, 3.63) is 59.4 Å². The standard InChI is InChI=1S/C12H11NO/c14-9-11-5-3-10(4-6-11)8-12-2-1-7-13-12/h1-7,9,13H,8H2. The topological polar surface area (TPSA) is 32.9 Å². The number of aldehydes is 1. The summed E-state index contributed by atoms with van der Waals surface area (Å²) in [5.74, 6) is 0. The smallest absolute Gasteiger partial charge is 0.150 e. The maximum Gasteiger partial charge on any atom is 0.150 e. The molecule has 0 unspecified atom stereocenters. The molecule has 2 rings (SSSR count). The van der Waals surface area contributed by atoms with E-state index in [0.29, 0.717) is 0 Å². The first-order valence-corrected chi connectivity index (χ1v) is 4.55. The highest BCUT2D eigenvalue weighted by Crippen LogP contribution is 2.08. The molecule has 0 atom stereocenters. The summed E-state index contributed by atoms with van der Waals surface area (Å²) in [6.07, 6.45) is 3.65. The second-order valence-electron chi connectivity index (χ2n) is 3.23. The fourth-order valence-corrected chi connectivity index (χ4v) is 1.41. The minimum absolute atomic E-state index is 0.722. The van der Waals surface area contributed by atoms with Gasteiger partial charge < -0.3 is 4.98 Å². The summed E-state index contributed by atoms with van der Waals surface area (Å²) in [7, 11) is 0. The summed E-state index contributed by atoms with van der Waals surface area (Å²) >= 11 is 0. The molecule has 1 aromatic heterocycles. The van der Waals surface area contributed by atoms with E-state index in [4.69, 9.17) is 0 Å². The van der Waals surface area contributed by atoms with Crippen molar-refractivity contribution in [3.63, 3.8) is 0 Å². The van der Waals surface area contributed by atoms with Gasteiger partial charge in [0.1, 0.15) is 6.29 Å². The molecule has 0 bridgehead atoms. The number of nitrogens with one attached hydrogen (secondary N) is 1. The van der Waals surface area contributed by atoms with E-state index in [-0.39, 0.29) is 0 Å². The highest BCUT2D eigenvalue weighted by Gasteiger charge is 1.96. The lowest BCUT2D eigenvalue weighted by Crippen LogP contribution is -1.88. The Morgan fingerprint density at radius 2 is 1.93 bits per heavy atom. The van der Waals surface area contributed by atoms with Crippen molar-refractivity contribution >= 4 is 6.29 Å². The van der Waals surface area contributed by atoms with Crippen LogP contribution in [0.2, 0.25) is 0 Å². The first-order valence-electron chi connectivity index (χ1n) is 4.55. The Balaban J connectivity index is 2.14. The van der Waals surface area contributed by atoms with E-state index in [1.165, 1.54) is 11.3 Å². The molecule has 0 spiro atoms. The Labute approximate surface area is 82.6 Å². The number of hydrogen-bond acceptors (Lipinski definition) is 1. The highest BCUT2D eigenvalue weighted by molar-refractivity contribution is 5.74. The van der Waals surface area contributed by atoms with Gasteiger partial charge in [-0.2, -0.15) is 0 Å². The van der Waals surface area contributed by atoms with Crippen LogP contribution in [0.25, 0.3) is 0 Å². The lowest BCUT2D eigenvalue weighted by atomic mass is 10.1. The van der Waals surface area contributed by atoms with Crippen LogP contribution in [-0.4, -0.2) is 11.3 Å². The van der Waals surface area contributed by atoms with Crippen LogP contribution in [0.5, 0.6) is 0 Å². The number of benzene rings is 1. The number of aromatic amines is 1. The van der Waals surface area contributed by atoms with Crippen molar-refractivity contribution in [2.75, 3.05) is 0 Å². The summed E-state index contributed by atoms with van der Waals surface area (Å²) in [5.41, 5.74) is 3.11. The molecule has 14 heavy (non-hydrogen) atoms. The predicted molar refractivity (Wildman–Crippen MR) is 55.4 cm³/mol. The van der Waals surface area contributed by atoms with Gasteiger partial charge in [-0.05, 0) is 17.7 Å². The number of carbonyl (C=O) groups is 1. The van der Waals surface area contributed by atoms with Crippen LogP contribution >= 0.6 is 0 Å². The van der Waals surface area contributed by atoms with Crippen molar-refractivity contribution in [1.29, 1.82) is 0 Å². The van der Waals surface area contributed by atoms with Crippen molar-refractivity contribution in [2.45, 2.75) is 6.42 Å². The second kappa shape index (κ2) is 3.92. The predicted octanol–water partition coefficient (Wildman–Crippen LogP) is 2.42. The second-order valence-corrected chi connectivity index (χ2v) is 3.23. The van der Waals surface area contributed by atoms with Crippen molar-refractivity contribution in [3.8, 4) is 0 Å². The summed E-state index contributed by atoms with van der Waals surface area (Å²) in [4.78, 5) is 13.6. The lowest BCUT2D eigenvalue weighted by molar-refractivity contribution is 0.112. The Morgan fingerprint density at radius 1 is 1.14 bits per heavy atom. The van der Waals surface area contributed by atoms with Crippen LogP contribution in [0.15, 0.2) is 42.6 Å². The summed E-state index contributed by atoms with van der Waals surface area (Å²) in [6.45, 7) is 0. The van der Waals surface area contributed by atoms with Crippen molar-refractivity contribution in [1.82, 2.24) is 4.98 Å². The Hall–Kier alpha value is -1.83. The molecule has 0 aliphatic heterocycles. The van der Waals surface area contributed by atoms with Gasteiger partial charge in [-0.1, -0.05) is 24.3 Å². The minimum atomic E-state index is 0.722. The molecule has 1 aromatic carbocycles. The van der Waals surface area contributed by atoms with Crippen LogP contribution < -0.4 is 0 Å². The van der Waals surface area contributed by atoms with E-state index in [9.17, 15) is 4.79 Å². The maximum absolute atomic E-state index is 10.4. The molecule has 2 nitrogen and oxygen atoms in total. The zero-order valence-electron chi connectivity index (χ0n) is 7.73. The summed E-state index contributed by atoms with van der Waals surface area (Å²) in [6, 6.07) is 11.7. The van der Waals surface area contributed by atoms with E-state index in [1.807, 2.05) is 42.6 Å². The third-order valence-corrected chi connectivity index (χ3v) is 2.17. The summed E-state index contributed by atoms with van der Waals surface area (Å²) < 4.78 is 0. The van der Waals surface area contributed by atoms with Gasteiger partial charge in [-0.3, -0.25) is 4.79 Å². The van der Waals surface area contributed by atoms with Crippen LogP contribution in [0.1, 0.15) is 21.6 Å². The van der Waals surface area contributed by atoms with Gasteiger partial charge in [0, 0.05) is 23.9 Å². The van der Waals surface area contributed by atoms with Crippen LogP contribution in [0, 0.1) is 0 Å². The molecular formula is C12H11NO. The zero-order valence-corrected chi connectivity index (χ0v) is 7.73. The normalized spacial score (nSPS) is 10.0. The molecule has 0 aliphatic rings. The Morgan fingerprint density at radius 3 is 2.50 bits per heavy atom. The first-order chi connectivity index (χ1) is 6.88. The van der Waals surface area contributed by atoms with Gasteiger partial charge in [0.05, 0.1) is 0 Å². The third kappa shape index (κ3) is 1.91. The van der Waals surface area contributed by atoms with E-state index in [1.54, 1.807) is 0 Å². The van der Waals surface area contributed by atoms with E-state index >= 15 is 0 Å². The summed E-state index contributed by atoms with van der Waals surface area (Å²) in [5, 5.41) is 0. The lowest BCUT2D eigenvalue weighted by Gasteiger charge is -1.98. The average molecular weight is 185 g/mol. The molecular weight excluding hydrogens is 174 g/mol. The van der Waals surface area contributed by atoms with Gasteiger partial charge in [0.2, 0.25) is 0 Å². The van der Waals surface area contributed by atoms with Crippen LogP contribution in [-0.2, 0) is 6.42 Å². The Kier molecular flexibility index (Phi) is 2.45. The number of carbonyl (C=O) groups excluding carboxylic acids is 1.